The second-order valence-electron chi connectivity index (χ2n) is 5.38. The predicted octanol–water partition coefficient (Wildman–Crippen LogP) is 3.57. The van der Waals surface area contributed by atoms with Crippen molar-refractivity contribution in [3.8, 4) is 0 Å². The first-order valence-corrected chi connectivity index (χ1v) is 7.08. The molecule has 2 nitrogen and oxygen atoms in total. The van der Waals surface area contributed by atoms with Gasteiger partial charge in [0.1, 0.15) is 5.03 Å². The van der Waals surface area contributed by atoms with Crippen LogP contribution in [0, 0.1) is 5.41 Å². The zero-order chi connectivity index (χ0) is 12.9. The first-order chi connectivity index (χ1) is 7.94. The summed E-state index contributed by atoms with van der Waals surface area (Å²) in [6.07, 6.45) is 5.20. The molecule has 0 aliphatic heterocycles. The fourth-order valence-electron chi connectivity index (χ4n) is 1.75. The molecule has 0 saturated heterocycles. The van der Waals surface area contributed by atoms with Crippen LogP contribution in [-0.2, 0) is 10.8 Å². The maximum absolute atomic E-state index is 12.4. The van der Waals surface area contributed by atoms with E-state index in [1.165, 1.54) is 0 Å². The van der Waals surface area contributed by atoms with Crippen LogP contribution in [0.25, 0.3) is 0 Å². The van der Waals surface area contributed by atoms with Crippen molar-refractivity contribution in [2.45, 2.75) is 43.9 Å². The van der Waals surface area contributed by atoms with Gasteiger partial charge in [0.2, 0.25) is 0 Å². The van der Waals surface area contributed by atoms with Gasteiger partial charge in [-0.15, -0.1) is 6.58 Å². The van der Waals surface area contributed by atoms with Crippen LogP contribution in [0.3, 0.4) is 0 Å². The van der Waals surface area contributed by atoms with E-state index in [1.807, 2.05) is 24.3 Å². The highest BCUT2D eigenvalue weighted by molar-refractivity contribution is 7.85. The zero-order valence-corrected chi connectivity index (χ0v) is 11.7. The Morgan fingerprint density at radius 1 is 1.47 bits per heavy atom. The lowest BCUT2D eigenvalue weighted by Crippen LogP contribution is -2.22. The Morgan fingerprint density at radius 2 is 2.18 bits per heavy atom. The number of nitrogens with zero attached hydrogens (tertiary/aromatic N) is 1. The Kier molecular flexibility index (Phi) is 5.06. The van der Waals surface area contributed by atoms with Crippen molar-refractivity contribution in [2.75, 3.05) is 0 Å². The number of rotatable bonds is 5. The molecule has 0 amide bonds. The highest BCUT2D eigenvalue weighted by Crippen LogP contribution is 2.27. The van der Waals surface area contributed by atoms with Crippen LogP contribution in [0.5, 0.6) is 0 Å². The van der Waals surface area contributed by atoms with Crippen molar-refractivity contribution < 1.29 is 4.21 Å². The number of aromatic nitrogens is 1. The molecule has 0 aromatic carbocycles. The smallest absolute Gasteiger partial charge is 0.127 e. The molecule has 94 valence electrons. The molecule has 0 aliphatic carbocycles. The van der Waals surface area contributed by atoms with Crippen LogP contribution in [0.15, 0.2) is 42.1 Å². The lowest BCUT2D eigenvalue weighted by molar-refractivity contribution is 0.369. The predicted molar refractivity (Wildman–Crippen MR) is 73.3 cm³/mol. The van der Waals surface area contributed by atoms with Crippen LogP contribution < -0.4 is 0 Å². The van der Waals surface area contributed by atoms with Crippen molar-refractivity contribution in [2.24, 2.45) is 5.41 Å². The Morgan fingerprint density at radius 3 is 2.65 bits per heavy atom. The molecule has 0 saturated carbocycles. The number of allylic oxidation sites excluding steroid dienone is 1. The molecule has 2 atom stereocenters. The summed E-state index contributed by atoms with van der Waals surface area (Å²) in [7, 11) is -1.05. The van der Waals surface area contributed by atoms with Gasteiger partial charge in [0.15, 0.2) is 0 Å². The number of pyridine rings is 1. The molecule has 1 unspecified atom stereocenters. The third kappa shape index (κ3) is 4.82. The largest absolute Gasteiger partial charge is 0.252 e. The van der Waals surface area contributed by atoms with Gasteiger partial charge in [-0.2, -0.15) is 0 Å². The van der Waals surface area contributed by atoms with Gasteiger partial charge in [-0.25, -0.2) is 4.98 Å². The van der Waals surface area contributed by atoms with Crippen LogP contribution in [-0.4, -0.2) is 14.4 Å². The molecule has 1 rings (SSSR count). The third-order valence-electron chi connectivity index (χ3n) is 2.42. The Hall–Kier alpha value is -0.960. The minimum absolute atomic E-state index is 0.0994. The molecule has 0 spiro atoms. The maximum atomic E-state index is 12.4. The Labute approximate surface area is 107 Å². The second kappa shape index (κ2) is 6.10. The topological polar surface area (TPSA) is 30.0 Å². The van der Waals surface area contributed by atoms with Crippen molar-refractivity contribution >= 4 is 10.8 Å². The molecular weight excluding hydrogens is 230 g/mol. The van der Waals surface area contributed by atoms with Gasteiger partial charge in [-0.05, 0) is 30.4 Å². The summed E-state index contributed by atoms with van der Waals surface area (Å²) in [6.45, 7) is 10.2. The average Bonchev–Trinajstić information content (AvgIpc) is 2.27. The SMILES string of the molecule is C=CC[C@@H](CC(C)(C)C)S(=O)c1ccccn1. The average molecular weight is 251 g/mol. The van der Waals surface area contributed by atoms with Gasteiger partial charge in [0.05, 0.1) is 10.8 Å². The molecule has 1 aromatic rings. The summed E-state index contributed by atoms with van der Waals surface area (Å²) >= 11 is 0. The van der Waals surface area contributed by atoms with Crippen LogP contribution in [0.2, 0.25) is 0 Å². The van der Waals surface area contributed by atoms with Crippen molar-refractivity contribution in [3.05, 3.63) is 37.1 Å². The van der Waals surface area contributed by atoms with Crippen molar-refractivity contribution in [3.63, 3.8) is 0 Å². The first kappa shape index (κ1) is 14.1. The third-order valence-corrected chi connectivity index (χ3v) is 4.03. The molecular formula is C14H21NOS. The zero-order valence-electron chi connectivity index (χ0n) is 10.8. The van der Waals surface area contributed by atoms with Gasteiger partial charge in [-0.3, -0.25) is 4.21 Å². The van der Waals surface area contributed by atoms with Gasteiger partial charge in [0.25, 0.3) is 0 Å². The summed E-state index contributed by atoms with van der Waals surface area (Å²) in [5, 5.41) is 0.769. The van der Waals surface area contributed by atoms with Gasteiger partial charge >= 0.3 is 0 Å². The van der Waals surface area contributed by atoms with E-state index in [0.29, 0.717) is 5.03 Å². The quantitative estimate of drug-likeness (QED) is 0.749. The monoisotopic (exact) mass is 251 g/mol. The fraction of sp³-hybridized carbons (Fsp3) is 0.500. The summed E-state index contributed by atoms with van der Waals surface area (Å²) in [4.78, 5) is 4.18. The van der Waals surface area contributed by atoms with Crippen LogP contribution in [0.1, 0.15) is 33.6 Å². The lowest BCUT2D eigenvalue weighted by Gasteiger charge is -2.24. The van der Waals surface area contributed by atoms with E-state index in [9.17, 15) is 4.21 Å². The number of hydrogen-bond donors (Lipinski definition) is 0. The minimum atomic E-state index is -1.05. The fourth-order valence-corrected chi connectivity index (χ4v) is 3.43. The standard InChI is InChI=1S/C14H21NOS/c1-5-8-12(11-14(2,3)4)17(16)13-9-6-7-10-15-13/h5-7,9-10,12H,1,8,11H2,2-4H3/t12-,17?/m0/s1. The van der Waals surface area contributed by atoms with Crippen LogP contribution in [0.4, 0.5) is 0 Å². The van der Waals surface area contributed by atoms with E-state index >= 15 is 0 Å². The minimum Gasteiger partial charge on any atom is -0.252 e. The number of hydrogen-bond acceptors (Lipinski definition) is 2. The Balaban J connectivity index is 2.84. The molecule has 0 N–H and O–H groups in total. The molecule has 1 heterocycles. The molecule has 1 aromatic heterocycles. The van der Waals surface area contributed by atoms with E-state index in [1.54, 1.807) is 6.20 Å². The highest BCUT2D eigenvalue weighted by atomic mass is 32.2. The van der Waals surface area contributed by atoms with Gasteiger partial charge in [0, 0.05) is 11.4 Å². The Bertz CT molecular complexity index is 381. The second-order valence-corrected chi connectivity index (χ2v) is 7.06. The van der Waals surface area contributed by atoms with Crippen LogP contribution >= 0.6 is 0 Å². The molecule has 17 heavy (non-hydrogen) atoms. The summed E-state index contributed by atoms with van der Waals surface area (Å²) in [5.74, 6) is 0. The highest BCUT2D eigenvalue weighted by Gasteiger charge is 2.24. The van der Waals surface area contributed by atoms with E-state index in [-0.39, 0.29) is 10.7 Å². The van der Waals surface area contributed by atoms with E-state index in [2.05, 4.69) is 32.3 Å². The van der Waals surface area contributed by atoms with Crippen molar-refractivity contribution in [1.29, 1.82) is 0 Å². The molecule has 0 bridgehead atoms. The summed E-state index contributed by atoms with van der Waals surface area (Å²) in [5.41, 5.74) is 0.165. The van der Waals surface area contributed by atoms with E-state index in [4.69, 9.17) is 0 Å². The van der Waals surface area contributed by atoms with Gasteiger partial charge in [-0.1, -0.05) is 32.9 Å². The summed E-state index contributed by atoms with van der Waals surface area (Å²) in [6, 6.07) is 5.55. The molecule has 3 heteroatoms. The van der Waals surface area contributed by atoms with E-state index < -0.39 is 10.8 Å². The summed E-state index contributed by atoms with van der Waals surface area (Å²) < 4.78 is 12.4. The molecule has 0 fully saturated rings. The normalized spacial score (nSPS) is 15.2. The lowest BCUT2D eigenvalue weighted by atomic mass is 9.89. The maximum Gasteiger partial charge on any atom is 0.127 e. The van der Waals surface area contributed by atoms with Crippen molar-refractivity contribution in [1.82, 2.24) is 4.98 Å². The van der Waals surface area contributed by atoms with Gasteiger partial charge < -0.3 is 0 Å². The molecule has 0 aliphatic rings. The first-order valence-electron chi connectivity index (χ1n) is 5.86. The molecule has 0 radical (unpaired) electrons. The van der Waals surface area contributed by atoms with E-state index in [0.717, 1.165) is 12.8 Å².